The predicted octanol–water partition coefficient (Wildman–Crippen LogP) is 2.34. The molecule has 0 aromatic carbocycles. The standard InChI is InChI=1S/C15H27NO2/c1-3-15(4-2,10-17)9-16-14(18)13(11-5-6-11)12-7-8-12/h11-13,17H,3-10H2,1-2H3,(H,16,18). The van der Waals surface area contributed by atoms with Crippen LogP contribution in [0, 0.1) is 23.2 Å². The van der Waals surface area contributed by atoms with Crippen molar-refractivity contribution in [2.24, 2.45) is 23.2 Å². The van der Waals surface area contributed by atoms with Crippen LogP contribution >= 0.6 is 0 Å². The zero-order chi connectivity index (χ0) is 13.2. The maximum Gasteiger partial charge on any atom is 0.223 e. The molecular formula is C15H27NO2. The Kier molecular flexibility index (Phi) is 4.31. The van der Waals surface area contributed by atoms with Gasteiger partial charge in [-0.25, -0.2) is 0 Å². The average molecular weight is 253 g/mol. The molecule has 1 amide bonds. The molecule has 2 saturated carbocycles. The van der Waals surface area contributed by atoms with E-state index in [1.54, 1.807) is 0 Å². The highest BCUT2D eigenvalue weighted by molar-refractivity contribution is 5.80. The second-order valence-corrected chi connectivity index (χ2v) is 6.28. The summed E-state index contributed by atoms with van der Waals surface area (Å²) < 4.78 is 0. The van der Waals surface area contributed by atoms with Gasteiger partial charge >= 0.3 is 0 Å². The first-order chi connectivity index (χ1) is 8.65. The van der Waals surface area contributed by atoms with E-state index in [9.17, 15) is 9.90 Å². The molecule has 2 fully saturated rings. The molecule has 0 atom stereocenters. The highest BCUT2D eigenvalue weighted by Gasteiger charge is 2.45. The van der Waals surface area contributed by atoms with E-state index in [-0.39, 0.29) is 23.8 Å². The molecule has 18 heavy (non-hydrogen) atoms. The lowest BCUT2D eigenvalue weighted by molar-refractivity contribution is -0.127. The zero-order valence-corrected chi connectivity index (χ0v) is 11.7. The van der Waals surface area contributed by atoms with Gasteiger partial charge in [-0.05, 0) is 50.4 Å². The number of hydrogen-bond acceptors (Lipinski definition) is 2. The van der Waals surface area contributed by atoms with Crippen LogP contribution in [0.2, 0.25) is 0 Å². The van der Waals surface area contributed by atoms with Gasteiger partial charge in [-0.2, -0.15) is 0 Å². The van der Waals surface area contributed by atoms with Crippen molar-refractivity contribution in [3.63, 3.8) is 0 Å². The fourth-order valence-electron chi connectivity index (χ4n) is 2.90. The molecule has 104 valence electrons. The third-order valence-corrected chi connectivity index (χ3v) is 5.04. The first-order valence-electron chi connectivity index (χ1n) is 7.54. The quantitative estimate of drug-likeness (QED) is 0.697. The molecular weight excluding hydrogens is 226 g/mol. The highest BCUT2D eigenvalue weighted by Crippen LogP contribution is 2.49. The summed E-state index contributed by atoms with van der Waals surface area (Å²) in [4.78, 5) is 12.3. The van der Waals surface area contributed by atoms with Gasteiger partial charge < -0.3 is 10.4 Å². The van der Waals surface area contributed by atoms with E-state index in [0.29, 0.717) is 18.4 Å². The van der Waals surface area contributed by atoms with Gasteiger partial charge in [-0.1, -0.05) is 13.8 Å². The van der Waals surface area contributed by atoms with Crippen molar-refractivity contribution in [2.75, 3.05) is 13.2 Å². The van der Waals surface area contributed by atoms with Crippen molar-refractivity contribution >= 4 is 5.91 Å². The smallest absolute Gasteiger partial charge is 0.223 e. The lowest BCUT2D eigenvalue weighted by Crippen LogP contribution is -2.42. The number of carbonyl (C=O) groups is 1. The topological polar surface area (TPSA) is 49.3 Å². The minimum absolute atomic E-state index is 0.118. The van der Waals surface area contributed by atoms with Crippen LogP contribution in [0.4, 0.5) is 0 Å². The van der Waals surface area contributed by atoms with Crippen molar-refractivity contribution in [1.29, 1.82) is 0 Å². The van der Waals surface area contributed by atoms with Crippen molar-refractivity contribution < 1.29 is 9.90 Å². The molecule has 0 aromatic heterocycles. The fraction of sp³-hybridized carbons (Fsp3) is 0.933. The number of aliphatic hydroxyl groups is 1. The van der Waals surface area contributed by atoms with Crippen LogP contribution in [-0.4, -0.2) is 24.2 Å². The Morgan fingerprint density at radius 2 is 1.72 bits per heavy atom. The average Bonchev–Trinajstić information content (AvgIpc) is 3.26. The van der Waals surface area contributed by atoms with E-state index < -0.39 is 0 Å². The van der Waals surface area contributed by atoms with Crippen LogP contribution in [0.25, 0.3) is 0 Å². The Morgan fingerprint density at radius 1 is 1.22 bits per heavy atom. The monoisotopic (exact) mass is 253 g/mol. The molecule has 0 bridgehead atoms. The molecule has 0 aliphatic heterocycles. The van der Waals surface area contributed by atoms with E-state index in [4.69, 9.17) is 0 Å². The number of aliphatic hydroxyl groups excluding tert-OH is 1. The first-order valence-corrected chi connectivity index (χ1v) is 7.54. The molecule has 0 radical (unpaired) electrons. The largest absolute Gasteiger partial charge is 0.396 e. The molecule has 0 spiro atoms. The summed E-state index contributed by atoms with van der Waals surface area (Å²) in [6.07, 6.45) is 6.78. The lowest BCUT2D eigenvalue weighted by atomic mass is 9.83. The summed E-state index contributed by atoms with van der Waals surface area (Å²) in [5.41, 5.74) is -0.118. The molecule has 0 saturated heterocycles. The molecule has 2 rings (SSSR count). The van der Waals surface area contributed by atoms with Crippen LogP contribution in [0.15, 0.2) is 0 Å². The molecule has 2 aliphatic rings. The number of carbonyl (C=O) groups excluding carboxylic acids is 1. The van der Waals surface area contributed by atoms with Crippen LogP contribution in [-0.2, 0) is 4.79 Å². The second-order valence-electron chi connectivity index (χ2n) is 6.28. The Morgan fingerprint density at radius 3 is 2.06 bits per heavy atom. The Hall–Kier alpha value is -0.570. The molecule has 0 heterocycles. The summed E-state index contributed by atoms with van der Waals surface area (Å²) >= 11 is 0. The van der Waals surface area contributed by atoms with Crippen molar-refractivity contribution in [3.05, 3.63) is 0 Å². The fourth-order valence-corrected chi connectivity index (χ4v) is 2.90. The number of hydrogen-bond donors (Lipinski definition) is 2. The van der Waals surface area contributed by atoms with E-state index in [0.717, 1.165) is 12.8 Å². The van der Waals surface area contributed by atoms with Gasteiger partial charge in [0.05, 0.1) is 6.61 Å². The maximum atomic E-state index is 12.3. The minimum atomic E-state index is -0.118. The number of nitrogens with one attached hydrogen (secondary N) is 1. The molecule has 2 N–H and O–H groups in total. The van der Waals surface area contributed by atoms with Gasteiger partial charge in [0.15, 0.2) is 0 Å². The Labute approximate surface area is 110 Å². The molecule has 0 unspecified atom stereocenters. The summed E-state index contributed by atoms with van der Waals surface area (Å²) in [5, 5.41) is 12.6. The Balaban J connectivity index is 1.86. The van der Waals surface area contributed by atoms with E-state index >= 15 is 0 Å². The third kappa shape index (κ3) is 3.05. The van der Waals surface area contributed by atoms with E-state index in [1.165, 1.54) is 25.7 Å². The van der Waals surface area contributed by atoms with Gasteiger partial charge in [-0.3, -0.25) is 4.79 Å². The normalized spacial score (nSPS) is 20.2. The SMILES string of the molecule is CCC(CC)(CO)CNC(=O)C(C1CC1)C1CC1. The van der Waals surface area contributed by atoms with Crippen LogP contribution in [0.5, 0.6) is 0 Å². The minimum Gasteiger partial charge on any atom is -0.396 e. The van der Waals surface area contributed by atoms with Crippen molar-refractivity contribution in [2.45, 2.75) is 52.4 Å². The number of amides is 1. The molecule has 0 aromatic rings. The van der Waals surface area contributed by atoms with Gasteiger partial charge in [0.25, 0.3) is 0 Å². The second kappa shape index (κ2) is 5.60. The molecule has 2 aliphatic carbocycles. The summed E-state index contributed by atoms with van der Waals surface area (Å²) in [5.74, 6) is 1.84. The zero-order valence-electron chi connectivity index (χ0n) is 11.7. The maximum absolute atomic E-state index is 12.3. The molecule has 3 nitrogen and oxygen atoms in total. The van der Waals surface area contributed by atoms with E-state index in [2.05, 4.69) is 19.2 Å². The Bertz CT molecular complexity index is 271. The third-order valence-electron chi connectivity index (χ3n) is 5.04. The summed E-state index contributed by atoms with van der Waals surface area (Å²) in [6, 6.07) is 0. The summed E-state index contributed by atoms with van der Waals surface area (Å²) in [7, 11) is 0. The van der Waals surface area contributed by atoms with Gasteiger partial charge in [0, 0.05) is 17.9 Å². The van der Waals surface area contributed by atoms with Gasteiger partial charge in [0.2, 0.25) is 5.91 Å². The molecule has 3 heteroatoms. The van der Waals surface area contributed by atoms with Crippen molar-refractivity contribution in [3.8, 4) is 0 Å². The highest BCUT2D eigenvalue weighted by atomic mass is 16.3. The van der Waals surface area contributed by atoms with Crippen LogP contribution in [0.3, 0.4) is 0 Å². The van der Waals surface area contributed by atoms with Crippen LogP contribution in [0.1, 0.15) is 52.4 Å². The number of rotatable bonds is 8. The summed E-state index contributed by atoms with van der Waals surface area (Å²) in [6.45, 7) is 4.97. The van der Waals surface area contributed by atoms with Gasteiger partial charge in [0.1, 0.15) is 0 Å². The van der Waals surface area contributed by atoms with Crippen LogP contribution < -0.4 is 5.32 Å². The van der Waals surface area contributed by atoms with Crippen molar-refractivity contribution in [1.82, 2.24) is 5.32 Å². The van der Waals surface area contributed by atoms with E-state index in [1.807, 2.05) is 0 Å². The predicted molar refractivity (Wildman–Crippen MR) is 72.0 cm³/mol. The first kappa shape index (κ1) is 13.9. The van der Waals surface area contributed by atoms with Gasteiger partial charge in [-0.15, -0.1) is 0 Å². The lowest BCUT2D eigenvalue weighted by Gasteiger charge is -2.30.